The first-order chi connectivity index (χ1) is 17.2. The van der Waals surface area contributed by atoms with Crippen molar-refractivity contribution in [1.29, 1.82) is 0 Å². The Labute approximate surface area is 215 Å². The molecule has 10 heteroatoms. The molecule has 8 nitrogen and oxygen atoms in total. The lowest BCUT2D eigenvalue weighted by Crippen LogP contribution is -2.52. The second kappa shape index (κ2) is 12.1. The van der Waals surface area contributed by atoms with E-state index in [1.54, 1.807) is 17.1 Å². The molecule has 36 heavy (non-hydrogen) atoms. The maximum absolute atomic E-state index is 15.4. The van der Waals surface area contributed by atoms with Crippen LogP contribution in [0.15, 0.2) is 49.1 Å². The maximum Gasteiger partial charge on any atom is 0.258 e. The van der Waals surface area contributed by atoms with Crippen LogP contribution in [0.4, 0.5) is 4.39 Å². The zero-order valence-electron chi connectivity index (χ0n) is 20.5. The molecule has 0 radical (unpaired) electrons. The van der Waals surface area contributed by atoms with Gasteiger partial charge in [-0.25, -0.2) is 14.4 Å². The van der Waals surface area contributed by atoms with E-state index < -0.39 is 11.7 Å². The smallest absolute Gasteiger partial charge is 0.258 e. The van der Waals surface area contributed by atoms with Gasteiger partial charge in [-0.15, -0.1) is 0 Å². The van der Waals surface area contributed by atoms with Crippen LogP contribution in [0, 0.1) is 5.82 Å². The topological polar surface area (TPSA) is 122 Å². The number of halogens is 2. The van der Waals surface area contributed by atoms with Gasteiger partial charge in [0, 0.05) is 60.8 Å². The quantitative estimate of drug-likeness (QED) is 0.463. The Morgan fingerprint density at radius 3 is 2.50 bits per heavy atom. The molecule has 1 aliphatic rings. The molecule has 3 rings (SSSR count). The third-order valence-electron chi connectivity index (χ3n) is 6.22. The van der Waals surface area contributed by atoms with Gasteiger partial charge in [-0.2, -0.15) is 0 Å². The van der Waals surface area contributed by atoms with Crippen molar-refractivity contribution in [2.24, 2.45) is 11.5 Å². The van der Waals surface area contributed by atoms with Crippen molar-refractivity contribution >= 4 is 23.1 Å². The molecule has 2 heterocycles. The predicted octanol–water partition coefficient (Wildman–Crippen LogP) is 2.97. The van der Waals surface area contributed by atoms with Crippen LogP contribution >= 0.6 is 11.6 Å². The minimum Gasteiger partial charge on any atom is -0.404 e. The van der Waals surface area contributed by atoms with E-state index in [2.05, 4.69) is 21.4 Å². The minimum absolute atomic E-state index is 0.00200. The zero-order chi connectivity index (χ0) is 26.4. The molecule has 1 fully saturated rings. The van der Waals surface area contributed by atoms with Crippen LogP contribution in [0.5, 0.6) is 0 Å². The van der Waals surface area contributed by atoms with Crippen LogP contribution in [0.25, 0.3) is 16.8 Å². The molecule has 1 amide bonds. The van der Waals surface area contributed by atoms with Gasteiger partial charge in [0.15, 0.2) is 0 Å². The average molecular weight is 515 g/mol. The van der Waals surface area contributed by atoms with E-state index in [0.29, 0.717) is 66.4 Å². The Kier molecular flexibility index (Phi) is 9.19. The van der Waals surface area contributed by atoms with Gasteiger partial charge in [0.2, 0.25) is 0 Å². The number of hydrogen-bond acceptors (Lipinski definition) is 7. The van der Waals surface area contributed by atoms with Crippen LogP contribution in [0.3, 0.4) is 0 Å². The summed E-state index contributed by atoms with van der Waals surface area (Å²) in [6, 6.07) is 2.79. The normalized spacial score (nSPS) is 15.9. The molecular formula is C26H32ClFN6O2. The summed E-state index contributed by atoms with van der Waals surface area (Å²) in [6.45, 7) is 9.57. The fourth-order valence-electron chi connectivity index (χ4n) is 4.18. The maximum atomic E-state index is 15.4. The number of hydrogen-bond donors (Lipinski definition) is 3. The average Bonchev–Trinajstić information content (AvgIpc) is 2.87. The molecule has 0 bridgehead atoms. The molecular weight excluding hydrogens is 483 g/mol. The number of amides is 1. The van der Waals surface area contributed by atoms with Crippen molar-refractivity contribution in [3.8, 4) is 11.3 Å². The Balaban J connectivity index is 1.98. The molecule has 1 saturated heterocycles. The van der Waals surface area contributed by atoms with E-state index >= 15 is 4.39 Å². The molecule has 1 unspecified atom stereocenters. The van der Waals surface area contributed by atoms with Crippen molar-refractivity contribution in [2.75, 3.05) is 32.8 Å². The molecule has 2 aromatic rings. The Hall–Kier alpha value is -3.27. The summed E-state index contributed by atoms with van der Waals surface area (Å²) in [5.74, 6) is -1.20. The number of rotatable bonds is 8. The first kappa shape index (κ1) is 27.3. The van der Waals surface area contributed by atoms with E-state index in [1.807, 2.05) is 13.8 Å². The summed E-state index contributed by atoms with van der Waals surface area (Å²) in [5.41, 5.74) is 14.5. The summed E-state index contributed by atoms with van der Waals surface area (Å²) < 4.78 is 15.4. The molecule has 192 valence electrons. The number of aromatic nitrogens is 2. The van der Waals surface area contributed by atoms with Gasteiger partial charge in [-0.1, -0.05) is 31.2 Å². The van der Waals surface area contributed by atoms with Crippen molar-refractivity contribution in [3.05, 3.63) is 76.7 Å². The van der Waals surface area contributed by atoms with Crippen molar-refractivity contribution in [2.45, 2.75) is 26.3 Å². The van der Waals surface area contributed by atoms with Crippen molar-refractivity contribution in [3.63, 3.8) is 0 Å². The Morgan fingerprint density at radius 2 is 1.94 bits per heavy atom. The summed E-state index contributed by atoms with van der Waals surface area (Å²) in [6.07, 6.45) is 6.67. The van der Waals surface area contributed by atoms with Crippen LogP contribution in [0.1, 0.15) is 35.5 Å². The number of piperazine rings is 1. The number of nitrogens with zero attached hydrogens (tertiary/aromatic N) is 4. The highest BCUT2D eigenvalue weighted by Gasteiger charge is 2.28. The molecule has 0 aliphatic carbocycles. The van der Waals surface area contributed by atoms with E-state index in [-0.39, 0.29) is 23.2 Å². The van der Waals surface area contributed by atoms with E-state index in [9.17, 15) is 9.90 Å². The number of benzene rings is 1. The second-order valence-corrected chi connectivity index (χ2v) is 9.01. The highest BCUT2D eigenvalue weighted by Crippen LogP contribution is 2.34. The van der Waals surface area contributed by atoms with Crippen LogP contribution in [-0.2, 0) is 6.42 Å². The summed E-state index contributed by atoms with van der Waals surface area (Å²) >= 11 is 6.49. The number of aryl methyl sites for hydroxylation is 1. The van der Waals surface area contributed by atoms with Crippen molar-refractivity contribution < 1.29 is 14.3 Å². The molecule has 5 N–H and O–H groups in total. The van der Waals surface area contributed by atoms with Gasteiger partial charge in [0.25, 0.3) is 5.91 Å². The van der Waals surface area contributed by atoms with Crippen LogP contribution in [0.2, 0.25) is 5.02 Å². The SMILES string of the molecule is C=C(N)/C=C\C(=C/N)c1c(CC)ncnc1-c1cc(F)c(C(=O)N2CCN(C(C)CO)CC2)c(Cl)c1. The summed E-state index contributed by atoms with van der Waals surface area (Å²) in [4.78, 5) is 25.6. The lowest BCUT2D eigenvalue weighted by atomic mass is 9.95. The number of allylic oxidation sites excluding steroid dienone is 3. The van der Waals surface area contributed by atoms with Gasteiger partial charge < -0.3 is 21.5 Å². The number of aliphatic hydroxyl groups is 1. The van der Waals surface area contributed by atoms with Crippen LogP contribution < -0.4 is 11.5 Å². The number of carbonyl (C=O) groups is 1. The lowest BCUT2D eigenvalue weighted by Gasteiger charge is -2.37. The molecule has 1 aromatic carbocycles. The van der Waals surface area contributed by atoms with Gasteiger partial charge in [0.05, 0.1) is 28.6 Å². The van der Waals surface area contributed by atoms with Crippen molar-refractivity contribution in [1.82, 2.24) is 19.8 Å². The standard InChI is InChI=1S/C26H32ClFN6O2/c1-4-22-23(18(13-29)6-5-16(2)30)25(32-15-31-22)19-11-20(27)24(21(28)12-19)26(36)34-9-7-33(8-10-34)17(3)14-35/h5-6,11-13,15,17,35H,2,4,7-10,14,29-30H2,1,3H3/b6-5-,18-13+. The molecule has 1 aliphatic heterocycles. The van der Waals surface area contributed by atoms with Gasteiger partial charge in [-0.3, -0.25) is 9.69 Å². The molecule has 0 spiro atoms. The minimum atomic E-state index is -0.736. The summed E-state index contributed by atoms with van der Waals surface area (Å²) in [5, 5.41) is 9.36. The Bertz CT molecular complexity index is 1170. The van der Waals surface area contributed by atoms with Gasteiger partial charge >= 0.3 is 0 Å². The number of carbonyl (C=O) groups excluding carboxylic acids is 1. The predicted molar refractivity (Wildman–Crippen MR) is 140 cm³/mol. The zero-order valence-corrected chi connectivity index (χ0v) is 21.3. The first-order valence-corrected chi connectivity index (χ1v) is 12.1. The third-order valence-corrected chi connectivity index (χ3v) is 6.52. The largest absolute Gasteiger partial charge is 0.404 e. The summed E-state index contributed by atoms with van der Waals surface area (Å²) in [7, 11) is 0. The number of nitrogens with two attached hydrogens (primary N) is 2. The van der Waals surface area contributed by atoms with Crippen LogP contribution in [-0.4, -0.2) is 69.6 Å². The first-order valence-electron chi connectivity index (χ1n) is 11.7. The van der Waals surface area contributed by atoms with E-state index in [1.165, 1.54) is 24.7 Å². The fraction of sp³-hybridized carbons (Fsp3) is 0.346. The number of aliphatic hydroxyl groups excluding tert-OH is 1. The molecule has 1 atom stereocenters. The van der Waals surface area contributed by atoms with Gasteiger partial charge in [-0.05, 0) is 31.6 Å². The van der Waals surface area contributed by atoms with Gasteiger partial charge in [0.1, 0.15) is 12.1 Å². The second-order valence-electron chi connectivity index (χ2n) is 8.60. The fourth-order valence-corrected chi connectivity index (χ4v) is 4.47. The lowest BCUT2D eigenvalue weighted by molar-refractivity contribution is 0.0508. The Morgan fingerprint density at radius 1 is 1.25 bits per heavy atom. The highest BCUT2D eigenvalue weighted by molar-refractivity contribution is 6.34. The molecule has 1 aromatic heterocycles. The monoisotopic (exact) mass is 514 g/mol. The van der Waals surface area contributed by atoms with E-state index in [4.69, 9.17) is 23.1 Å². The third kappa shape index (κ3) is 5.92. The highest BCUT2D eigenvalue weighted by atomic mass is 35.5. The van der Waals surface area contributed by atoms with E-state index in [0.717, 1.165) is 0 Å². The molecule has 0 saturated carbocycles.